The molecule has 0 aromatic rings. The molecule has 0 aromatic heterocycles. The number of hydrogen-bond acceptors (Lipinski definition) is 5. The van der Waals surface area contributed by atoms with Crippen LogP contribution in [0.1, 0.15) is 0 Å². The fourth-order valence-electron chi connectivity index (χ4n) is 0.438. The van der Waals surface area contributed by atoms with Crippen LogP contribution in [-0.2, 0) is 19.1 Å². The van der Waals surface area contributed by atoms with Crippen LogP contribution in [0.4, 0.5) is 0 Å². The lowest BCUT2D eigenvalue weighted by Gasteiger charge is -2.11. The largest absolute Gasteiger partial charge is 0.465 e. The van der Waals surface area contributed by atoms with Gasteiger partial charge in [0.2, 0.25) is 0 Å². The van der Waals surface area contributed by atoms with E-state index in [0.717, 1.165) is 0 Å². The molecule has 0 fully saturated rings. The standard InChI is InChI=1S/C5H11NO4/c1-8-5(3-10-6)2-9-4-7/h4-5H,2-3,6H2,1H3. The second-order valence-electron chi connectivity index (χ2n) is 1.62. The van der Waals surface area contributed by atoms with Crippen molar-refractivity contribution < 1.29 is 19.1 Å². The van der Waals surface area contributed by atoms with Gasteiger partial charge in [-0.1, -0.05) is 0 Å². The second-order valence-corrected chi connectivity index (χ2v) is 1.62. The van der Waals surface area contributed by atoms with Crippen molar-refractivity contribution in [1.29, 1.82) is 0 Å². The molecule has 5 nitrogen and oxygen atoms in total. The Morgan fingerprint density at radius 2 is 2.30 bits per heavy atom. The van der Waals surface area contributed by atoms with Gasteiger partial charge in [0.25, 0.3) is 6.47 Å². The summed E-state index contributed by atoms with van der Waals surface area (Å²) in [6, 6.07) is 0. The molecule has 0 aromatic carbocycles. The summed E-state index contributed by atoms with van der Waals surface area (Å²) in [5.74, 6) is 4.75. The van der Waals surface area contributed by atoms with Gasteiger partial charge in [0.05, 0.1) is 6.61 Å². The van der Waals surface area contributed by atoms with E-state index in [2.05, 4.69) is 9.57 Å². The second kappa shape index (κ2) is 6.47. The molecule has 1 unspecified atom stereocenters. The zero-order valence-electron chi connectivity index (χ0n) is 5.78. The van der Waals surface area contributed by atoms with Gasteiger partial charge in [0.1, 0.15) is 12.7 Å². The first-order valence-electron chi connectivity index (χ1n) is 2.74. The number of rotatable bonds is 6. The average molecular weight is 149 g/mol. The van der Waals surface area contributed by atoms with Gasteiger partial charge < -0.3 is 14.3 Å². The lowest BCUT2D eigenvalue weighted by Crippen LogP contribution is -2.25. The highest BCUT2D eigenvalue weighted by Crippen LogP contribution is 1.89. The smallest absolute Gasteiger partial charge is 0.293 e. The van der Waals surface area contributed by atoms with Crippen molar-refractivity contribution in [2.75, 3.05) is 20.3 Å². The molecule has 0 aliphatic carbocycles. The highest BCUT2D eigenvalue weighted by atomic mass is 16.6. The molecule has 2 N–H and O–H groups in total. The first kappa shape index (κ1) is 9.35. The van der Waals surface area contributed by atoms with Crippen LogP contribution in [0.5, 0.6) is 0 Å². The zero-order chi connectivity index (χ0) is 7.82. The quantitative estimate of drug-likeness (QED) is 0.390. The van der Waals surface area contributed by atoms with E-state index in [-0.39, 0.29) is 19.3 Å². The Kier molecular flexibility index (Phi) is 6.05. The molecule has 0 rings (SSSR count). The Bertz CT molecular complexity index is 87.7. The van der Waals surface area contributed by atoms with Crippen LogP contribution in [-0.4, -0.2) is 32.9 Å². The maximum Gasteiger partial charge on any atom is 0.293 e. The molecule has 1 atom stereocenters. The third-order valence-corrected chi connectivity index (χ3v) is 0.966. The van der Waals surface area contributed by atoms with Crippen LogP contribution in [0.3, 0.4) is 0 Å². The summed E-state index contributed by atoms with van der Waals surface area (Å²) < 4.78 is 9.20. The summed E-state index contributed by atoms with van der Waals surface area (Å²) in [6.45, 7) is 0.726. The maximum atomic E-state index is 9.68. The van der Waals surface area contributed by atoms with E-state index >= 15 is 0 Å². The van der Waals surface area contributed by atoms with Gasteiger partial charge in [0.15, 0.2) is 0 Å². The van der Waals surface area contributed by atoms with Gasteiger partial charge in [-0.2, -0.15) is 0 Å². The number of ether oxygens (including phenoxy) is 2. The van der Waals surface area contributed by atoms with Crippen molar-refractivity contribution in [2.45, 2.75) is 6.10 Å². The first-order valence-corrected chi connectivity index (χ1v) is 2.74. The van der Waals surface area contributed by atoms with E-state index in [9.17, 15) is 4.79 Å². The number of nitrogens with two attached hydrogens (primary N) is 1. The molecule has 0 radical (unpaired) electrons. The van der Waals surface area contributed by atoms with Gasteiger partial charge in [0, 0.05) is 7.11 Å². The van der Waals surface area contributed by atoms with E-state index < -0.39 is 0 Å². The fraction of sp³-hybridized carbons (Fsp3) is 0.800. The van der Waals surface area contributed by atoms with Gasteiger partial charge in [-0.15, -0.1) is 0 Å². The van der Waals surface area contributed by atoms with Gasteiger partial charge in [-0.05, 0) is 0 Å². The number of carbonyl (C=O) groups is 1. The molecule has 0 spiro atoms. The average Bonchev–Trinajstić information content (AvgIpc) is 1.98. The first-order chi connectivity index (χ1) is 4.85. The summed E-state index contributed by atoms with van der Waals surface area (Å²) in [4.78, 5) is 14.0. The molecule has 0 amide bonds. The summed E-state index contributed by atoms with van der Waals surface area (Å²) in [7, 11) is 1.48. The summed E-state index contributed by atoms with van der Waals surface area (Å²) in [5, 5.41) is 0. The highest BCUT2D eigenvalue weighted by molar-refractivity contribution is 5.36. The maximum absolute atomic E-state index is 9.68. The molecule has 60 valence electrons. The van der Waals surface area contributed by atoms with Gasteiger partial charge in [-0.25, -0.2) is 5.90 Å². The van der Waals surface area contributed by atoms with Gasteiger partial charge >= 0.3 is 0 Å². The molecular weight excluding hydrogens is 138 g/mol. The number of methoxy groups -OCH3 is 1. The number of carbonyl (C=O) groups excluding carboxylic acids is 1. The summed E-state index contributed by atoms with van der Waals surface area (Å²) in [6.07, 6.45) is -0.282. The minimum absolute atomic E-state index is 0.164. The SMILES string of the molecule is COC(CON)COC=O. The van der Waals surface area contributed by atoms with E-state index in [4.69, 9.17) is 10.6 Å². The zero-order valence-corrected chi connectivity index (χ0v) is 5.78. The predicted molar refractivity (Wildman–Crippen MR) is 33.0 cm³/mol. The van der Waals surface area contributed by atoms with Crippen LogP contribution in [0.15, 0.2) is 0 Å². The molecule has 0 aliphatic heterocycles. The van der Waals surface area contributed by atoms with Crippen LogP contribution in [0.25, 0.3) is 0 Å². The highest BCUT2D eigenvalue weighted by Gasteiger charge is 2.05. The van der Waals surface area contributed by atoms with Crippen molar-refractivity contribution in [3.63, 3.8) is 0 Å². The molecular formula is C5H11NO4. The Morgan fingerprint density at radius 1 is 1.60 bits per heavy atom. The third kappa shape index (κ3) is 4.25. The Hall–Kier alpha value is -0.650. The fourth-order valence-corrected chi connectivity index (χ4v) is 0.438. The van der Waals surface area contributed by atoms with Crippen molar-refractivity contribution in [2.24, 2.45) is 5.90 Å². The Labute approximate surface area is 59.0 Å². The van der Waals surface area contributed by atoms with Crippen LogP contribution in [0.2, 0.25) is 0 Å². The molecule has 0 aliphatic rings. The van der Waals surface area contributed by atoms with E-state index in [1.807, 2.05) is 0 Å². The monoisotopic (exact) mass is 149 g/mol. The lowest BCUT2D eigenvalue weighted by molar-refractivity contribution is -0.133. The summed E-state index contributed by atoms with van der Waals surface area (Å²) in [5.41, 5.74) is 0. The Morgan fingerprint density at radius 3 is 2.70 bits per heavy atom. The minimum atomic E-state index is -0.282. The molecule has 0 saturated carbocycles. The van der Waals surface area contributed by atoms with Crippen molar-refractivity contribution in [3.05, 3.63) is 0 Å². The predicted octanol–water partition coefficient (Wildman–Crippen LogP) is -0.935. The van der Waals surface area contributed by atoms with E-state index in [1.54, 1.807) is 0 Å². The minimum Gasteiger partial charge on any atom is -0.465 e. The molecule has 0 saturated heterocycles. The molecule has 0 heterocycles. The molecule has 10 heavy (non-hydrogen) atoms. The van der Waals surface area contributed by atoms with Crippen LogP contribution in [0, 0.1) is 0 Å². The lowest BCUT2D eigenvalue weighted by atomic mass is 10.4. The van der Waals surface area contributed by atoms with Crippen LogP contribution >= 0.6 is 0 Å². The van der Waals surface area contributed by atoms with Crippen LogP contribution < -0.4 is 5.90 Å². The van der Waals surface area contributed by atoms with Gasteiger partial charge in [-0.3, -0.25) is 4.79 Å². The van der Waals surface area contributed by atoms with Crippen molar-refractivity contribution in [1.82, 2.24) is 0 Å². The van der Waals surface area contributed by atoms with E-state index in [1.165, 1.54) is 7.11 Å². The third-order valence-electron chi connectivity index (χ3n) is 0.966. The molecule has 5 heteroatoms. The normalized spacial score (nSPS) is 12.6. The summed E-state index contributed by atoms with van der Waals surface area (Å²) >= 11 is 0. The molecule has 0 bridgehead atoms. The number of hydrogen-bond donors (Lipinski definition) is 1. The van der Waals surface area contributed by atoms with E-state index in [0.29, 0.717) is 6.47 Å². The van der Waals surface area contributed by atoms with Crippen molar-refractivity contribution in [3.8, 4) is 0 Å². The topological polar surface area (TPSA) is 70.8 Å². The Balaban J connectivity index is 3.29. The van der Waals surface area contributed by atoms with Crippen molar-refractivity contribution >= 4 is 6.47 Å².